The van der Waals surface area contributed by atoms with Crippen molar-refractivity contribution in [3.05, 3.63) is 71.0 Å². The Hall–Kier alpha value is -2.95. The third-order valence-corrected chi connectivity index (χ3v) is 5.51. The fraction of sp³-hybridized carbons (Fsp3) is 0.348. The van der Waals surface area contributed by atoms with Gasteiger partial charge in [-0.25, -0.2) is 0 Å². The van der Waals surface area contributed by atoms with Crippen molar-refractivity contribution in [2.24, 2.45) is 0 Å². The first-order chi connectivity index (χ1) is 13.6. The van der Waals surface area contributed by atoms with Crippen LogP contribution >= 0.6 is 0 Å². The first kappa shape index (κ1) is 18.4. The van der Waals surface area contributed by atoms with Crippen molar-refractivity contribution in [2.45, 2.75) is 39.0 Å². The van der Waals surface area contributed by atoms with Crippen LogP contribution in [0, 0.1) is 13.8 Å². The Kier molecular flexibility index (Phi) is 5.24. The number of aryl methyl sites for hydroxylation is 2. The Balaban J connectivity index is 1.36. The summed E-state index contributed by atoms with van der Waals surface area (Å²) in [6, 6.07) is 16.2. The lowest BCUT2D eigenvalue weighted by atomic mass is 9.95. The highest BCUT2D eigenvalue weighted by atomic mass is 16.5. The number of piperidine rings is 1. The van der Waals surface area contributed by atoms with E-state index in [9.17, 15) is 4.79 Å². The molecular formula is C23H25N3O2. The van der Waals surface area contributed by atoms with Gasteiger partial charge in [0, 0.05) is 24.6 Å². The summed E-state index contributed by atoms with van der Waals surface area (Å²) in [6.45, 7) is 5.57. The number of carbonyl (C=O) groups is 1. The SMILES string of the molecule is Cc1ccc(CC(=O)N2CCC(c3noc(-c4ccccc4C)n3)CC2)cc1. The number of hydrogen-bond donors (Lipinski definition) is 0. The van der Waals surface area contributed by atoms with Crippen LogP contribution in [0.2, 0.25) is 0 Å². The van der Waals surface area contributed by atoms with E-state index >= 15 is 0 Å². The van der Waals surface area contributed by atoms with Gasteiger partial charge in [0.15, 0.2) is 5.82 Å². The summed E-state index contributed by atoms with van der Waals surface area (Å²) < 4.78 is 5.51. The van der Waals surface area contributed by atoms with Gasteiger partial charge in [0.05, 0.1) is 6.42 Å². The molecule has 0 saturated carbocycles. The van der Waals surface area contributed by atoms with E-state index in [1.165, 1.54) is 5.56 Å². The summed E-state index contributed by atoms with van der Waals surface area (Å²) in [5, 5.41) is 4.21. The van der Waals surface area contributed by atoms with Gasteiger partial charge in [-0.3, -0.25) is 4.79 Å². The first-order valence-corrected chi connectivity index (χ1v) is 9.83. The zero-order valence-corrected chi connectivity index (χ0v) is 16.4. The average Bonchev–Trinajstić information content (AvgIpc) is 3.20. The molecule has 0 N–H and O–H groups in total. The van der Waals surface area contributed by atoms with E-state index in [0.29, 0.717) is 12.3 Å². The van der Waals surface area contributed by atoms with Gasteiger partial charge in [-0.15, -0.1) is 0 Å². The summed E-state index contributed by atoms with van der Waals surface area (Å²) >= 11 is 0. The number of aromatic nitrogens is 2. The standard InChI is InChI=1S/C23H25N3O2/c1-16-7-9-18(10-8-16)15-21(27)26-13-11-19(12-14-26)22-24-23(28-25-22)20-6-4-3-5-17(20)2/h3-10,19H,11-15H2,1-2H3. The third kappa shape index (κ3) is 3.98. The zero-order valence-electron chi connectivity index (χ0n) is 16.4. The summed E-state index contributed by atoms with van der Waals surface area (Å²) in [4.78, 5) is 19.2. The molecule has 1 aliphatic rings. The fourth-order valence-corrected chi connectivity index (χ4v) is 3.70. The van der Waals surface area contributed by atoms with Gasteiger partial charge in [0.2, 0.25) is 5.91 Å². The lowest BCUT2D eigenvalue weighted by Crippen LogP contribution is -2.39. The molecule has 2 heterocycles. The van der Waals surface area contributed by atoms with Crippen molar-refractivity contribution in [3.63, 3.8) is 0 Å². The number of nitrogens with zero attached hydrogens (tertiary/aromatic N) is 3. The molecule has 0 atom stereocenters. The molecule has 5 nitrogen and oxygen atoms in total. The Morgan fingerprint density at radius 3 is 2.50 bits per heavy atom. The quantitative estimate of drug-likeness (QED) is 0.682. The van der Waals surface area contributed by atoms with Crippen molar-refractivity contribution < 1.29 is 9.32 Å². The van der Waals surface area contributed by atoms with Crippen LogP contribution in [0.4, 0.5) is 0 Å². The molecule has 144 valence electrons. The van der Waals surface area contributed by atoms with Crippen molar-refractivity contribution in [2.75, 3.05) is 13.1 Å². The summed E-state index contributed by atoms with van der Waals surface area (Å²) in [7, 11) is 0. The van der Waals surface area contributed by atoms with Crippen molar-refractivity contribution in [3.8, 4) is 11.5 Å². The van der Waals surface area contributed by atoms with Gasteiger partial charge < -0.3 is 9.42 Å². The second kappa shape index (κ2) is 7.97. The number of benzene rings is 2. The minimum Gasteiger partial charge on any atom is -0.342 e. The highest BCUT2D eigenvalue weighted by molar-refractivity contribution is 5.78. The molecule has 5 heteroatoms. The monoisotopic (exact) mass is 375 g/mol. The highest BCUT2D eigenvalue weighted by Crippen LogP contribution is 2.29. The van der Waals surface area contributed by atoms with Crippen LogP contribution in [-0.4, -0.2) is 34.0 Å². The molecule has 0 bridgehead atoms. The molecule has 28 heavy (non-hydrogen) atoms. The second-order valence-corrected chi connectivity index (χ2v) is 7.59. The number of hydrogen-bond acceptors (Lipinski definition) is 4. The third-order valence-electron chi connectivity index (χ3n) is 5.51. The normalized spacial score (nSPS) is 15.0. The van der Waals surface area contributed by atoms with E-state index in [-0.39, 0.29) is 11.8 Å². The molecule has 3 aromatic rings. The van der Waals surface area contributed by atoms with E-state index in [1.54, 1.807) is 0 Å². The van der Waals surface area contributed by atoms with Gasteiger partial charge in [0.25, 0.3) is 5.89 Å². The fourth-order valence-electron chi connectivity index (χ4n) is 3.70. The molecule has 0 aliphatic carbocycles. The predicted octanol–water partition coefficient (Wildman–Crippen LogP) is 4.30. The summed E-state index contributed by atoms with van der Waals surface area (Å²) in [6.07, 6.45) is 2.20. The highest BCUT2D eigenvalue weighted by Gasteiger charge is 2.27. The van der Waals surface area contributed by atoms with Crippen molar-refractivity contribution in [1.82, 2.24) is 15.0 Å². The molecule has 1 aliphatic heterocycles. The maximum Gasteiger partial charge on any atom is 0.258 e. The lowest BCUT2D eigenvalue weighted by molar-refractivity contribution is -0.131. The molecule has 1 aromatic heterocycles. The summed E-state index contributed by atoms with van der Waals surface area (Å²) in [5.41, 5.74) is 4.38. The Morgan fingerprint density at radius 2 is 1.79 bits per heavy atom. The van der Waals surface area contributed by atoms with Crippen LogP contribution in [0.1, 0.15) is 41.3 Å². The minimum absolute atomic E-state index is 0.191. The van der Waals surface area contributed by atoms with Gasteiger partial charge in [-0.2, -0.15) is 4.98 Å². The Labute approximate surface area is 165 Å². The number of rotatable bonds is 4. The lowest BCUT2D eigenvalue weighted by Gasteiger charge is -2.30. The second-order valence-electron chi connectivity index (χ2n) is 7.59. The Morgan fingerprint density at radius 1 is 1.07 bits per heavy atom. The van der Waals surface area contributed by atoms with Gasteiger partial charge in [-0.1, -0.05) is 53.2 Å². The molecule has 0 unspecified atom stereocenters. The molecule has 0 spiro atoms. The van der Waals surface area contributed by atoms with Crippen molar-refractivity contribution >= 4 is 5.91 Å². The molecule has 1 saturated heterocycles. The van der Waals surface area contributed by atoms with Crippen LogP contribution in [-0.2, 0) is 11.2 Å². The van der Waals surface area contributed by atoms with E-state index in [1.807, 2.05) is 48.2 Å². The smallest absolute Gasteiger partial charge is 0.258 e. The first-order valence-electron chi connectivity index (χ1n) is 9.83. The van der Waals surface area contributed by atoms with Crippen LogP contribution in [0.25, 0.3) is 11.5 Å². The Bertz CT molecular complexity index is 954. The minimum atomic E-state index is 0.191. The van der Waals surface area contributed by atoms with Gasteiger partial charge in [-0.05, 0) is 43.9 Å². The average molecular weight is 375 g/mol. The van der Waals surface area contributed by atoms with Crippen molar-refractivity contribution in [1.29, 1.82) is 0 Å². The summed E-state index contributed by atoms with van der Waals surface area (Å²) in [5.74, 6) is 1.76. The van der Waals surface area contributed by atoms with Gasteiger partial charge >= 0.3 is 0 Å². The molecular weight excluding hydrogens is 350 g/mol. The van der Waals surface area contributed by atoms with Crippen LogP contribution in [0.15, 0.2) is 53.1 Å². The van der Waals surface area contributed by atoms with Gasteiger partial charge in [0.1, 0.15) is 0 Å². The van der Waals surface area contributed by atoms with Crippen LogP contribution < -0.4 is 0 Å². The van der Waals surface area contributed by atoms with Crippen LogP contribution in [0.3, 0.4) is 0 Å². The zero-order chi connectivity index (χ0) is 19.5. The van der Waals surface area contributed by atoms with E-state index < -0.39 is 0 Å². The number of amides is 1. The topological polar surface area (TPSA) is 59.2 Å². The van der Waals surface area contributed by atoms with E-state index in [0.717, 1.165) is 48.4 Å². The maximum atomic E-state index is 12.6. The predicted molar refractivity (Wildman–Crippen MR) is 108 cm³/mol. The molecule has 4 rings (SSSR count). The maximum absolute atomic E-state index is 12.6. The molecule has 2 aromatic carbocycles. The van der Waals surface area contributed by atoms with E-state index in [4.69, 9.17) is 4.52 Å². The molecule has 1 amide bonds. The molecule has 1 fully saturated rings. The van der Waals surface area contributed by atoms with Crippen LogP contribution in [0.5, 0.6) is 0 Å². The number of carbonyl (C=O) groups excluding carboxylic acids is 1. The largest absolute Gasteiger partial charge is 0.342 e. The number of likely N-dealkylation sites (tertiary alicyclic amines) is 1. The van der Waals surface area contributed by atoms with E-state index in [2.05, 4.69) is 29.2 Å². The molecule has 0 radical (unpaired) electrons.